The van der Waals surface area contributed by atoms with Gasteiger partial charge in [0, 0.05) is 5.39 Å². The van der Waals surface area contributed by atoms with Crippen LogP contribution >= 0.6 is 0 Å². The van der Waals surface area contributed by atoms with E-state index in [9.17, 15) is 4.39 Å². The Bertz CT molecular complexity index is 879. The van der Waals surface area contributed by atoms with Gasteiger partial charge in [0.1, 0.15) is 5.82 Å². The first-order valence-electron chi connectivity index (χ1n) is 13.5. The maximum atomic E-state index is 14.6. The minimum atomic E-state index is -0.0262. The molecule has 0 unspecified atom stereocenters. The fraction of sp³-hybridized carbons (Fsp3) is 0.613. The molecule has 174 valence electrons. The monoisotopic (exact) mass is 434 g/mol. The molecule has 0 aromatic heterocycles. The molecule has 2 fully saturated rings. The molecule has 4 rings (SSSR count). The van der Waals surface area contributed by atoms with E-state index >= 15 is 0 Å². The first-order valence-corrected chi connectivity index (χ1v) is 13.5. The van der Waals surface area contributed by atoms with Crippen molar-refractivity contribution in [2.24, 2.45) is 23.7 Å². The Morgan fingerprint density at radius 2 is 1.50 bits per heavy atom. The van der Waals surface area contributed by atoms with Crippen LogP contribution in [0.3, 0.4) is 0 Å². The van der Waals surface area contributed by atoms with E-state index in [2.05, 4.69) is 37.3 Å². The van der Waals surface area contributed by atoms with E-state index in [1.807, 2.05) is 19.1 Å². The molecule has 0 amide bonds. The van der Waals surface area contributed by atoms with Crippen LogP contribution in [0, 0.1) is 29.5 Å². The average molecular weight is 435 g/mol. The summed E-state index contributed by atoms with van der Waals surface area (Å²) in [5.74, 6) is 3.86. The maximum Gasteiger partial charge on any atom is 0.134 e. The fourth-order valence-electron chi connectivity index (χ4n) is 6.58. The van der Waals surface area contributed by atoms with Gasteiger partial charge in [-0.3, -0.25) is 0 Å². The summed E-state index contributed by atoms with van der Waals surface area (Å²) >= 11 is 0. The van der Waals surface area contributed by atoms with E-state index in [1.54, 1.807) is 0 Å². The molecule has 0 atom stereocenters. The summed E-state index contributed by atoms with van der Waals surface area (Å²) in [6, 6.07) is 10.4. The molecule has 0 radical (unpaired) electrons. The maximum absolute atomic E-state index is 14.6. The lowest BCUT2D eigenvalue weighted by molar-refractivity contribution is 0.141. The topological polar surface area (TPSA) is 0 Å². The van der Waals surface area contributed by atoms with Crippen molar-refractivity contribution < 1.29 is 4.39 Å². The van der Waals surface area contributed by atoms with E-state index < -0.39 is 0 Å². The minimum absolute atomic E-state index is 0.0262. The SMILES string of the molecule is C/C=C/CCC1CCC(C2CCC(CCc3ccc4c(F)c(CC)ccc4c3)CC2)CC1. The van der Waals surface area contributed by atoms with Gasteiger partial charge in [-0.05, 0) is 105 Å². The van der Waals surface area contributed by atoms with Crippen molar-refractivity contribution in [1.29, 1.82) is 0 Å². The second-order valence-electron chi connectivity index (χ2n) is 10.7. The molecule has 0 heterocycles. The lowest BCUT2D eigenvalue weighted by Crippen LogP contribution is -2.26. The molecule has 2 aromatic rings. The van der Waals surface area contributed by atoms with Crippen molar-refractivity contribution in [3.05, 3.63) is 59.4 Å². The third-order valence-corrected chi connectivity index (χ3v) is 8.75. The van der Waals surface area contributed by atoms with Gasteiger partial charge in [0.25, 0.3) is 0 Å². The molecule has 0 N–H and O–H groups in total. The number of aryl methyl sites for hydroxylation is 2. The predicted molar refractivity (Wildman–Crippen MR) is 137 cm³/mol. The molecule has 0 bridgehead atoms. The highest BCUT2D eigenvalue weighted by Crippen LogP contribution is 2.43. The normalized spacial score (nSPS) is 26.7. The molecule has 0 aliphatic heterocycles. The zero-order valence-electron chi connectivity index (χ0n) is 20.4. The van der Waals surface area contributed by atoms with Gasteiger partial charge in [-0.15, -0.1) is 0 Å². The second kappa shape index (κ2) is 11.5. The molecule has 2 aliphatic carbocycles. The number of fused-ring (bicyclic) bond motifs is 1. The summed E-state index contributed by atoms with van der Waals surface area (Å²) in [6.45, 7) is 4.16. The van der Waals surface area contributed by atoms with Crippen LogP contribution in [-0.4, -0.2) is 0 Å². The van der Waals surface area contributed by atoms with Gasteiger partial charge >= 0.3 is 0 Å². The smallest absolute Gasteiger partial charge is 0.134 e. The van der Waals surface area contributed by atoms with Crippen LogP contribution in [0.2, 0.25) is 0 Å². The Morgan fingerprint density at radius 1 is 0.844 bits per heavy atom. The Kier molecular flexibility index (Phi) is 8.44. The Hall–Kier alpha value is -1.63. The van der Waals surface area contributed by atoms with E-state index in [0.717, 1.165) is 52.8 Å². The summed E-state index contributed by atoms with van der Waals surface area (Å²) in [5, 5.41) is 1.84. The molecular formula is C31H43F. The number of allylic oxidation sites excluding steroid dienone is 2. The van der Waals surface area contributed by atoms with Crippen LogP contribution in [-0.2, 0) is 12.8 Å². The first kappa shape index (κ1) is 23.5. The van der Waals surface area contributed by atoms with E-state index in [0.29, 0.717) is 0 Å². The standard InChI is InChI=1S/C31H43F/c1-3-5-6-7-23-10-15-27(16-11-23)28-17-12-24(13-18-28)8-9-25-14-21-30-29(22-25)20-19-26(4-2)31(30)32/h3,5,14,19-24,27-28H,4,6-13,15-18H2,1-2H3/b5-3+. The molecule has 2 aliphatic rings. The number of halogens is 1. The van der Waals surface area contributed by atoms with Gasteiger partial charge in [0.05, 0.1) is 0 Å². The number of hydrogen-bond donors (Lipinski definition) is 0. The molecule has 2 aromatic carbocycles. The number of hydrogen-bond acceptors (Lipinski definition) is 0. The summed E-state index contributed by atoms with van der Waals surface area (Å²) in [5.41, 5.74) is 2.20. The summed E-state index contributed by atoms with van der Waals surface area (Å²) in [4.78, 5) is 0. The first-order chi connectivity index (χ1) is 15.7. The van der Waals surface area contributed by atoms with Gasteiger partial charge in [0.2, 0.25) is 0 Å². The van der Waals surface area contributed by atoms with Crippen molar-refractivity contribution in [2.75, 3.05) is 0 Å². The highest BCUT2D eigenvalue weighted by atomic mass is 19.1. The van der Waals surface area contributed by atoms with Crippen LogP contribution in [0.4, 0.5) is 4.39 Å². The molecule has 0 spiro atoms. The van der Waals surface area contributed by atoms with Crippen LogP contribution in [0.5, 0.6) is 0 Å². The van der Waals surface area contributed by atoms with Crippen molar-refractivity contribution in [2.45, 2.75) is 97.3 Å². The Morgan fingerprint density at radius 3 is 2.12 bits per heavy atom. The van der Waals surface area contributed by atoms with Crippen LogP contribution in [0.15, 0.2) is 42.5 Å². The van der Waals surface area contributed by atoms with Crippen LogP contribution < -0.4 is 0 Å². The largest absolute Gasteiger partial charge is 0.206 e. The average Bonchev–Trinajstić information content (AvgIpc) is 2.84. The third kappa shape index (κ3) is 5.83. The molecular weight excluding hydrogens is 391 g/mol. The quantitative estimate of drug-likeness (QED) is 0.363. The van der Waals surface area contributed by atoms with Crippen LogP contribution in [0.1, 0.15) is 95.6 Å². The summed E-state index contributed by atoms with van der Waals surface area (Å²) < 4.78 is 14.6. The summed E-state index contributed by atoms with van der Waals surface area (Å²) in [7, 11) is 0. The van der Waals surface area contributed by atoms with Gasteiger partial charge in [-0.1, -0.05) is 75.1 Å². The van der Waals surface area contributed by atoms with Gasteiger partial charge in [0.15, 0.2) is 0 Å². The van der Waals surface area contributed by atoms with E-state index in [1.165, 1.54) is 76.2 Å². The highest BCUT2D eigenvalue weighted by molar-refractivity contribution is 5.84. The zero-order valence-corrected chi connectivity index (χ0v) is 20.4. The highest BCUT2D eigenvalue weighted by Gasteiger charge is 2.30. The molecule has 0 nitrogen and oxygen atoms in total. The van der Waals surface area contributed by atoms with Gasteiger partial charge in [-0.25, -0.2) is 4.39 Å². The number of rotatable bonds is 8. The Balaban J connectivity index is 1.21. The van der Waals surface area contributed by atoms with E-state index in [4.69, 9.17) is 0 Å². The number of benzene rings is 2. The molecule has 1 heteroatoms. The van der Waals surface area contributed by atoms with Gasteiger partial charge < -0.3 is 0 Å². The Labute approximate surface area is 195 Å². The minimum Gasteiger partial charge on any atom is -0.206 e. The molecule has 2 saturated carbocycles. The second-order valence-corrected chi connectivity index (χ2v) is 10.7. The van der Waals surface area contributed by atoms with Crippen LogP contribution in [0.25, 0.3) is 10.8 Å². The lowest BCUT2D eigenvalue weighted by Gasteiger charge is -2.38. The summed E-state index contributed by atoms with van der Waals surface area (Å²) in [6.07, 6.45) is 22.1. The van der Waals surface area contributed by atoms with E-state index in [-0.39, 0.29) is 5.82 Å². The van der Waals surface area contributed by atoms with Crippen molar-refractivity contribution >= 4 is 10.8 Å². The lowest BCUT2D eigenvalue weighted by atomic mass is 9.68. The fourth-order valence-corrected chi connectivity index (χ4v) is 6.58. The van der Waals surface area contributed by atoms with Gasteiger partial charge in [-0.2, -0.15) is 0 Å². The molecule has 32 heavy (non-hydrogen) atoms. The molecule has 0 saturated heterocycles. The predicted octanol–water partition coefficient (Wildman–Crippen LogP) is 9.44. The third-order valence-electron chi connectivity index (χ3n) is 8.75. The van der Waals surface area contributed by atoms with Crippen molar-refractivity contribution in [3.8, 4) is 0 Å². The zero-order chi connectivity index (χ0) is 22.3. The van der Waals surface area contributed by atoms with Crippen molar-refractivity contribution in [1.82, 2.24) is 0 Å². The van der Waals surface area contributed by atoms with Crippen molar-refractivity contribution in [3.63, 3.8) is 0 Å².